The third-order valence-corrected chi connectivity index (χ3v) is 4.09. The third-order valence-electron chi connectivity index (χ3n) is 3.24. The van der Waals surface area contributed by atoms with Crippen LogP contribution < -0.4 is 5.32 Å². The standard InChI is InChI=1S/C15H31NO5S/c1-3-4-5-6-7-8-9-10-11-12-13-20-22(18,19)21-15(17)14-16-2/h16H,3-14H2,1-2H3. The van der Waals surface area contributed by atoms with E-state index < -0.39 is 16.4 Å². The molecule has 0 aliphatic heterocycles. The van der Waals surface area contributed by atoms with Crippen LogP contribution in [0.1, 0.15) is 71.1 Å². The van der Waals surface area contributed by atoms with Crippen molar-refractivity contribution >= 4 is 16.4 Å². The first kappa shape index (κ1) is 21.3. The summed E-state index contributed by atoms with van der Waals surface area (Å²) in [5.74, 6) is -0.870. The van der Waals surface area contributed by atoms with E-state index >= 15 is 0 Å². The van der Waals surface area contributed by atoms with Crippen molar-refractivity contribution in [2.24, 2.45) is 0 Å². The summed E-state index contributed by atoms with van der Waals surface area (Å²) in [6, 6.07) is 0. The molecule has 0 bridgehead atoms. The van der Waals surface area contributed by atoms with Gasteiger partial charge in [-0.1, -0.05) is 64.7 Å². The molecule has 0 saturated carbocycles. The number of hydrogen-bond donors (Lipinski definition) is 1. The fourth-order valence-corrected chi connectivity index (χ4v) is 2.72. The van der Waals surface area contributed by atoms with Crippen LogP contribution in [0.3, 0.4) is 0 Å². The molecule has 0 unspecified atom stereocenters. The lowest BCUT2D eigenvalue weighted by atomic mass is 10.1. The molecule has 0 fully saturated rings. The molecule has 0 aromatic carbocycles. The van der Waals surface area contributed by atoms with Crippen molar-refractivity contribution in [3.63, 3.8) is 0 Å². The zero-order valence-electron chi connectivity index (χ0n) is 13.9. The molecule has 0 aromatic rings. The minimum atomic E-state index is -4.20. The summed E-state index contributed by atoms with van der Waals surface area (Å²) in [5.41, 5.74) is 0. The Bertz CT molecular complexity index is 370. The zero-order chi connectivity index (χ0) is 16.7. The van der Waals surface area contributed by atoms with Crippen LogP contribution in [0.5, 0.6) is 0 Å². The van der Waals surface area contributed by atoms with Gasteiger partial charge in [-0.2, -0.15) is 8.42 Å². The van der Waals surface area contributed by atoms with Crippen molar-refractivity contribution in [2.75, 3.05) is 20.2 Å². The molecule has 6 nitrogen and oxygen atoms in total. The number of carbonyl (C=O) groups excluding carboxylic acids is 1. The number of hydrogen-bond acceptors (Lipinski definition) is 6. The Morgan fingerprint density at radius 3 is 1.91 bits per heavy atom. The summed E-state index contributed by atoms with van der Waals surface area (Å²) in [6.07, 6.45) is 11.6. The smallest absolute Gasteiger partial charge is 0.323 e. The van der Waals surface area contributed by atoms with Gasteiger partial charge in [0, 0.05) is 0 Å². The SMILES string of the molecule is CCCCCCCCCCCCOS(=O)(=O)OC(=O)CNC. The molecule has 0 amide bonds. The monoisotopic (exact) mass is 337 g/mol. The number of carbonyl (C=O) groups is 1. The normalized spacial score (nSPS) is 11.5. The summed E-state index contributed by atoms with van der Waals surface area (Å²) in [4.78, 5) is 11.0. The highest BCUT2D eigenvalue weighted by Crippen LogP contribution is 2.10. The molecule has 0 aliphatic carbocycles. The van der Waals surface area contributed by atoms with Gasteiger partial charge in [0.2, 0.25) is 0 Å². The quantitative estimate of drug-likeness (QED) is 0.463. The summed E-state index contributed by atoms with van der Waals surface area (Å²) < 4.78 is 31.4. The van der Waals surface area contributed by atoms with E-state index in [0.29, 0.717) is 6.42 Å². The fourth-order valence-electron chi connectivity index (χ4n) is 2.06. The number of likely N-dealkylation sites (N-methyl/N-ethyl adjacent to an activating group) is 1. The minimum absolute atomic E-state index is 0.0612. The van der Waals surface area contributed by atoms with Crippen LogP contribution in [0.15, 0.2) is 0 Å². The second-order valence-corrected chi connectivity index (χ2v) is 6.62. The summed E-state index contributed by atoms with van der Waals surface area (Å²) in [7, 11) is -2.68. The van der Waals surface area contributed by atoms with Crippen LogP contribution in [0.4, 0.5) is 0 Å². The number of rotatable bonds is 15. The zero-order valence-corrected chi connectivity index (χ0v) is 14.8. The van der Waals surface area contributed by atoms with Crippen LogP contribution in [0, 0.1) is 0 Å². The predicted molar refractivity (Wildman–Crippen MR) is 86.7 cm³/mol. The van der Waals surface area contributed by atoms with Gasteiger partial charge in [-0.15, -0.1) is 0 Å². The van der Waals surface area contributed by atoms with Crippen molar-refractivity contribution in [1.29, 1.82) is 0 Å². The molecular formula is C15H31NO5S. The maximum absolute atomic E-state index is 11.3. The van der Waals surface area contributed by atoms with Crippen LogP contribution in [0.25, 0.3) is 0 Å². The summed E-state index contributed by atoms with van der Waals surface area (Å²) >= 11 is 0. The Labute approximate surface area is 135 Å². The first-order valence-corrected chi connectivity index (χ1v) is 9.61. The van der Waals surface area contributed by atoms with Gasteiger partial charge in [0.1, 0.15) is 0 Å². The molecule has 0 rings (SSSR count). The van der Waals surface area contributed by atoms with Crippen LogP contribution in [0.2, 0.25) is 0 Å². The van der Waals surface area contributed by atoms with Gasteiger partial charge in [-0.05, 0) is 13.5 Å². The maximum atomic E-state index is 11.3. The van der Waals surface area contributed by atoms with E-state index in [1.807, 2.05) is 0 Å². The number of unbranched alkanes of at least 4 members (excludes halogenated alkanes) is 9. The highest BCUT2D eigenvalue weighted by Gasteiger charge is 2.17. The molecule has 0 atom stereocenters. The second kappa shape index (κ2) is 14.0. The molecule has 0 radical (unpaired) electrons. The first-order valence-electron chi connectivity index (χ1n) is 8.28. The van der Waals surface area contributed by atoms with Crippen molar-refractivity contribution in [1.82, 2.24) is 5.32 Å². The Morgan fingerprint density at radius 1 is 0.909 bits per heavy atom. The molecule has 0 aliphatic rings. The van der Waals surface area contributed by atoms with Crippen molar-refractivity contribution < 1.29 is 21.6 Å². The van der Waals surface area contributed by atoms with Gasteiger partial charge in [-0.25, -0.2) is 8.98 Å². The van der Waals surface area contributed by atoms with Crippen LogP contribution >= 0.6 is 0 Å². The predicted octanol–water partition coefficient (Wildman–Crippen LogP) is 2.93. The average molecular weight is 337 g/mol. The van der Waals surface area contributed by atoms with Gasteiger partial charge in [-0.3, -0.25) is 0 Å². The van der Waals surface area contributed by atoms with E-state index in [4.69, 9.17) is 0 Å². The molecule has 1 N–H and O–H groups in total. The molecule has 0 spiro atoms. The molecule has 0 saturated heterocycles. The highest BCUT2D eigenvalue weighted by molar-refractivity contribution is 7.82. The van der Waals surface area contributed by atoms with E-state index in [-0.39, 0.29) is 13.2 Å². The third kappa shape index (κ3) is 14.3. The highest BCUT2D eigenvalue weighted by atomic mass is 32.3. The van der Waals surface area contributed by atoms with Crippen LogP contribution in [-0.4, -0.2) is 34.6 Å². The van der Waals surface area contributed by atoms with E-state index in [2.05, 4.69) is 20.6 Å². The molecule has 0 heterocycles. The van der Waals surface area contributed by atoms with Crippen molar-refractivity contribution in [2.45, 2.75) is 71.1 Å². The van der Waals surface area contributed by atoms with Gasteiger partial charge < -0.3 is 9.50 Å². The Balaban J connectivity index is 3.43. The number of nitrogens with one attached hydrogen (secondary N) is 1. The summed E-state index contributed by atoms with van der Waals surface area (Å²) in [5, 5.41) is 2.51. The fraction of sp³-hybridized carbons (Fsp3) is 0.933. The first-order chi connectivity index (χ1) is 10.5. The Morgan fingerprint density at radius 2 is 1.41 bits per heavy atom. The largest absolute Gasteiger partial charge is 0.451 e. The average Bonchev–Trinajstić information content (AvgIpc) is 2.44. The van der Waals surface area contributed by atoms with Crippen molar-refractivity contribution in [3.05, 3.63) is 0 Å². The Kier molecular flexibility index (Phi) is 13.5. The Hall–Kier alpha value is -0.660. The van der Waals surface area contributed by atoms with E-state index in [1.165, 1.54) is 52.0 Å². The molecule has 132 valence electrons. The van der Waals surface area contributed by atoms with Crippen molar-refractivity contribution in [3.8, 4) is 0 Å². The van der Waals surface area contributed by atoms with Gasteiger partial charge in [0.25, 0.3) is 0 Å². The summed E-state index contributed by atoms with van der Waals surface area (Å²) in [6.45, 7) is 2.11. The van der Waals surface area contributed by atoms with E-state index in [9.17, 15) is 13.2 Å². The molecular weight excluding hydrogens is 306 g/mol. The lowest BCUT2D eigenvalue weighted by Gasteiger charge is -2.05. The second-order valence-electron chi connectivity index (χ2n) is 5.40. The topological polar surface area (TPSA) is 81.7 Å². The lowest BCUT2D eigenvalue weighted by molar-refractivity contribution is -0.133. The minimum Gasteiger partial charge on any atom is -0.323 e. The van der Waals surface area contributed by atoms with E-state index in [0.717, 1.165) is 12.8 Å². The van der Waals surface area contributed by atoms with Gasteiger partial charge >= 0.3 is 16.4 Å². The molecule has 7 heteroatoms. The molecule has 0 aromatic heterocycles. The van der Waals surface area contributed by atoms with Gasteiger partial charge in [0.05, 0.1) is 13.2 Å². The van der Waals surface area contributed by atoms with E-state index in [1.54, 1.807) is 0 Å². The van der Waals surface area contributed by atoms with Gasteiger partial charge in [0.15, 0.2) is 0 Å². The molecule has 22 heavy (non-hydrogen) atoms. The van der Waals surface area contributed by atoms with Crippen LogP contribution in [-0.2, 0) is 23.6 Å². The lowest BCUT2D eigenvalue weighted by Crippen LogP contribution is -2.25. The maximum Gasteiger partial charge on any atom is 0.451 e.